The van der Waals surface area contributed by atoms with Crippen molar-refractivity contribution < 1.29 is 23.1 Å². The van der Waals surface area contributed by atoms with Crippen molar-refractivity contribution in [3.63, 3.8) is 0 Å². The minimum Gasteiger partial charge on any atom is -0.495 e. The average Bonchev–Trinajstić information content (AvgIpc) is 3.07. The summed E-state index contributed by atoms with van der Waals surface area (Å²) in [7, 11) is -1.83. The largest absolute Gasteiger partial charge is 0.495 e. The van der Waals surface area contributed by atoms with Gasteiger partial charge in [0.1, 0.15) is 5.75 Å². The monoisotopic (exact) mass is 489 g/mol. The van der Waals surface area contributed by atoms with E-state index in [0.717, 1.165) is 34.3 Å². The van der Waals surface area contributed by atoms with Crippen molar-refractivity contribution in [1.29, 1.82) is 0 Å². The van der Waals surface area contributed by atoms with Gasteiger partial charge in [-0.3, -0.25) is 19.3 Å². The third-order valence-electron chi connectivity index (χ3n) is 5.37. The fourth-order valence-corrected chi connectivity index (χ4v) is 5.25. The van der Waals surface area contributed by atoms with Gasteiger partial charge < -0.3 is 14.7 Å². The number of ether oxygens (including phenoxy) is 1. The fraction of sp³-hybridized carbons (Fsp3) is 0.273. The Bertz CT molecular complexity index is 1360. The molecule has 0 aliphatic carbocycles. The first-order valence-electron chi connectivity index (χ1n) is 10.1. The molecule has 174 valence electrons. The third-order valence-corrected chi connectivity index (χ3v) is 6.85. The number of carbonyl (C=O) groups excluding carboxylic acids is 1. The highest BCUT2D eigenvalue weighted by molar-refractivity contribution is 7.92. The molecule has 0 unspecified atom stereocenters. The second-order valence-corrected chi connectivity index (χ2v) is 10.6. The number of carbonyl (C=O) groups is 1. The van der Waals surface area contributed by atoms with Gasteiger partial charge in [-0.25, -0.2) is 8.42 Å². The van der Waals surface area contributed by atoms with Gasteiger partial charge in [-0.05, 0) is 41.3 Å². The van der Waals surface area contributed by atoms with Gasteiger partial charge >= 0.3 is 4.87 Å². The Morgan fingerprint density at radius 3 is 2.48 bits per heavy atom. The van der Waals surface area contributed by atoms with Crippen LogP contribution in [0.2, 0.25) is 0 Å². The molecule has 9 nitrogen and oxygen atoms in total. The number of aromatic hydroxyl groups is 1. The standard InChI is InChI=1S/C22H23N3O6S2/c1-31-17-9-5-14(11-18-21(27)23-22(28)32-18)16-8-10-19(26)25(20(16)17)12-13-3-6-15(7-4-13)24-33(2,29)30/h3-7,9,24,27H,8,10-12H2,1-2H3,(H,23,28). The second kappa shape index (κ2) is 8.91. The zero-order chi connectivity index (χ0) is 23.8. The highest BCUT2D eigenvalue weighted by Crippen LogP contribution is 2.41. The number of hydrogen-bond acceptors (Lipinski definition) is 7. The number of thiazole rings is 1. The van der Waals surface area contributed by atoms with Crippen molar-refractivity contribution >= 4 is 38.6 Å². The van der Waals surface area contributed by atoms with Crippen molar-refractivity contribution in [3.05, 3.63) is 67.6 Å². The lowest BCUT2D eigenvalue weighted by Crippen LogP contribution is -2.35. The van der Waals surface area contributed by atoms with Gasteiger partial charge in [0, 0.05) is 18.5 Å². The Hall–Kier alpha value is -3.31. The number of anilines is 2. The maximum Gasteiger partial charge on any atom is 0.307 e. The SMILES string of the molecule is COc1ccc(Cc2sc(=O)[nH]c2O)c2c1N(Cc1ccc(NS(C)(=O)=O)cc1)C(=O)CC2. The van der Waals surface area contributed by atoms with E-state index in [4.69, 9.17) is 4.74 Å². The van der Waals surface area contributed by atoms with E-state index in [9.17, 15) is 23.1 Å². The van der Waals surface area contributed by atoms with Crippen molar-refractivity contribution in [1.82, 2.24) is 4.98 Å². The predicted octanol–water partition coefficient (Wildman–Crippen LogP) is 2.59. The van der Waals surface area contributed by atoms with Crippen molar-refractivity contribution in [2.75, 3.05) is 23.0 Å². The number of aromatic amines is 1. The molecule has 1 aromatic heterocycles. The zero-order valence-electron chi connectivity index (χ0n) is 18.0. The van der Waals surface area contributed by atoms with Crippen LogP contribution in [0.3, 0.4) is 0 Å². The minimum absolute atomic E-state index is 0.0505. The number of hydrogen-bond donors (Lipinski definition) is 3. The first-order chi connectivity index (χ1) is 15.6. The van der Waals surface area contributed by atoms with Crippen LogP contribution in [0.4, 0.5) is 11.4 Å². The van der Waals surface area contributed by atoms with E-state index in [-0.39, 0.29) is 23.2 Å². The number of H-pyrrole nitrogens is 1. The predicted molar refractivity (Wildman–Crippen MR) is 127 cm³/mol. The molecule has 1 aliphatic rings. The highest BCUT2D eigenvalue weighted by atomic mass is 32.2. The Morgan fingerprint density at radius 1 is 1.15 bits per heavy atom. The van der Waals surface area contributed by atoms with Gasteiger partial charge in [0.2, 0.25) is 21.8 Å². The number of nitrogens with zero attached hydrogens (tertiary/aromatic N) is 1. The maximum absolute atomic E-state index is 12.9. The molecular weight excluding hydrogens is 466 g/mol. The quantitative estimate of drug-likeness (QED) is 0.468. The number of sulfonamides is 1. The summed E-state index contributed by atoms with van der Waals surface area (Å²) in [5.41, 5.74) is 3.78. The topological polar surface area (TPSA) is 129 Å². The van der Waals surface area contributed by atoms with Gasteiger partial charge in [-0.2, -0.15) is 0 Å². The van der Waals surface area contributed by atoms with Crippen LogP contribution in [-0.2, 0) is 34.2 Å². The molecule has 0 saturated heterocycles. The fourth-order valence-electron chi connectivity index (χ4n) is 3.94. The Morgan fingerprint density at radius 2 is 1.88 bits per heavy atom. The lowest BCUT2D eigenvalue weighted by Gasteiger charge is -2.32. The summed E-state index contributed by atoms with van der Waals surface area (Å²) in [5.74, 6) is 0.371. The number of methoxy groups -OCH3 is 1. The van der Waals surface area contributed by atoms with Crippen LogP contribution in [0, 0.1) is 0 Å². The Kier molecular flexibility index (Phi) is 6.17. The number of fused-ring (bicyclic) bond motifs is 1. The second-order valence-electron chi connectivity index (χ2n) is 7.77. The van der Waals surface area contributed by atoms with Gasteiger partial charge in [0.15, 0.2) is 0 Å². The molecule has 4 rings (SSSR count). The van der Waals surface area contributed by atoms with E-state index in [0.29, 0.717) is 41.3 Å². The molecule has 0 bridgehead atoms. The van der Waals surface area contributed by atoms with E-state index in [1.165, 1.54) is 0 Å². The maximum atomic E-state index is 12.9. The lowest BCUT2D eigenvalue weighted by molar-refractivity contribution is -0.119. The van der Waals surface area contributed by atoms with Crippen molar-refractivity contribution in [2.24, 2.45) is 0 Å². The number of aromatic nitrogens is 1. The molecular formula is C22H23N3O6S2. The first-order valence-corrected chi connectivity index (χ1v) is 12.8. The Labute approximate surface area is 194 Å². The van der Waals surface area contributed by atoms with Crippen molar-refractivity contribution in [3.8, 4) is 11.6 Å². The summed E-state index contributed by atoms with van der Waals surface area (Å²) in [6.45, 7) is 0.285. The zero-order valence-corrected chi connectivity index (χ0v) is 19.7. The molecule has 0 atom stereocenters. The number of amides is 1. The van der Waals surface area contributed by atoms with E-state index < -0.39 is 10.0 Å². The molecule has 0 spiro atoms. The molecule has 1 aliphatic heterocycles. The molecule has 1 amide bonds. The van der Waals surface area contributed by atoms with Crippen molar-refractivity contribution in [2.45, 2.75) is 25.8 Å². The van der Waals surface area contributed by atoms with Gasteiger partial charge in [0.05, 0.1) is 30.5 Å². The molecule has 3 N–H and O–H groups in total. The van der Waals surface area contributed by atoms with Crippen LogP contribution in [0.1, 0.15) is 28.0 Å². The molecule has 33 heavy (non-hydrogen) atoms. The molecule has 2 heterocycles. The molecule has 0 radical (unpaired) electrons. The summed E-state index contributed by atoms with van der Waals surface area (Å²) in [4.78, 5) is 28.7. The van der Waals surface area contributed by atoms with Crippen LogP contribution >= 0.6 is 11.3 Å². The number of benzene rings is 2. The highest BCUT2D eigenvalue weighted by Gasteiger charge is 2.30. The minimum atomic E-state index is -3.38. The molecule has 11 heteroatoms. The van der Waals surface area contributed by atoms with Crippen LogP contribution < -0.4 is 19.2 Å². The number of rotatable bonds is 7. The van der Waals surface area contributed by atoms with Crippen LogP contribution in [0.25, 0.3) is 0 Å². The Balaban J connectivity index is 1.68. The summed E-state index contributed by atoms with van der Waals surface area (Å²) in [5, 5.41) is 10.0. The van der Waals surface area contributed by atoms with Gasteiger partial charge in [-0.1, -0.05) is 29.5 Å². The van der Waals surface area contributed by atoms with E-state index >= 15 is 0 Å². The third kappa shape index (κ3) is 5.04. The molecule has 0 fully saturated rings. The summed E-state index contributed by atoms with van der Waals surface area (Å²) in [6, 6.07) is 10.5. The normalized spacial score (nSPS) is 13.6. The van der Waals surface area contributed by atoms with E-state index in [1.807, 2.05) is 6.07 Å². The number of nitrogens with one attached hydrogen (secondary N) is 2. The smallest absolute Gasteiger partial charge is 0.307 e. The van der Waals surface area contributed by atoms with Gasteiger partial charge in [0.25, 0.3) is 0 Å². The van der Waals surface area contributed by atoms with E-state index in [2.05, 4.69) is 9.71 Å². The average molecular weight is 490 g/mol. The molecule has 0 saturated carbocycles. The summed E-state index contributed by atoms with van der Waals surface area (Å²) in [6.07, 6.45) is 2.28. The first kappa shape index (κ1) is 22.9. The summed E-state index contributed by atoms with van der Waals surface area (Å²) >= 11 is 0.957. The van der Waals surface area contributed by atoms with Crippen LogP contribution in [0.5, 0.6) is 11.6 Å². The summed E-state index contributed by atoms with van der Waals surface area (Å²) < 4.78 is 30.8. The van der Waals surface area contributed by atoms with Crippen LogP contribution in [-0.4, -0.2) is 37.8 Å². The molecule has 2 aromatic carbocycles. The lowest BCUT2D eigenvalue weighted by atomic mass is 9.92. The van der Waals surface area contributed by atoms with Crippen LogP contribution in [0.15, 0.2) is 41.2 Å². The molecule has 3 aromatic rings. The van der Waals surface area contributed by atoms with Gasteiger partial charge in [-0.15, -0.1) is 0 Å². The van der Waals surface area contributed by atoms with E-state index in [1.54, 1.807) is 42.3 Å².